The standard InChI is InChI=1S/C11H13ClN2O4S/c1-7-2-3-10(18-7)11(15)14-19(16,17)9-4-8(12)5-13-6-9/h4-7,10H,2-3H2,1H3,(H,14,15)/t7-,10-/m0/s1. The van der Waals surface area contributed by atoms with Crippen LogP contribution in [0.25, 0.3) is 0 Å². The van der Waals surface area contributed by atoms with E-state index in [1.165, 1.54) is 12.3 Å². The quantitative estimate of drug-likeness (QED) is 0.904. The SMILES string of the molecule is C[C@H]1CC[C@@H](C(=O)NS(=O)(=O)c2cncc(Cl)c2)O1. The van der Waals surface area contributed by atoms with E-state index in [-0.39, 0.29) is 16.0 Å². The number of sulfonamides is 1. The molecule has 6 nitrogen and oxygen atoms in total. The summed E-state index contributed by atoms with van der Waals surface area (Å²) in [5, 5.41) is 0.182. The molecule has 0 bridgehead atoms. The lowest BCUT2D eigenvalue weighted by atomic mass is 10.2. The van der Waals surface area contributed by atoms with Crippen LogP contribution in [0, 0.1) is 0 Å². The molecule has 0 aliphatic carbocycles. The molecule has 1 fully saturated rings. The lowest BCUT2D eigenvalue weighted by Crippen LogP contribution is -2.38. The van der Waals surface area contributed by atoms with Gasteiger partial charge < -0.3 is 4.74 Å². The average molecular weight is 305 g/mol. The van der Waals surface area contributed by atoms with Gasteiger partial charge in [-0.15, -0.1) is 0 Å². The molecule has 8 heteroatoms. The number of pyridine rings is 1. The summed E-state index contributed by atoms with van der Waals surface area (Å²) in [4.78, 5) is 15.3. The Balaban J connectivity index is 2.11. The summed E-state index contributed by atoms with van der Waals surface area (Å²) in [6.45, 7) is 1.84. The smallest absolute Gasteiger partial charge is 0.265 e. The van der Waals surface area contributed by atoms with E-state index in [1.54, 1.807) is 0 Å². The van der Waals surface area contributed by atoms with Gasteiger partial charge in [0.1, 0.15) is 11.0 Å². The fourth-order valence-corrected chi connectivity index (χ4v) is 3.03. The number of amides is 1. The highest BCUT2D eigenvalue weighted by atomic mass is 35.5. The van der Waals surface area contributed by atoms with Gasteiger partial charge in [-0.3, -0.25) is 9.78 Å². The van der Waals surface area contributed by atoms with Gasteiger partial charge in [0.25, 0.3) is 15.9 Å². The van der Waals surface area contributed by atoms with Gasteiger partial charge >= 0.3 is 0 Å². The summed E-state index contributed by atoms with van der Waals surface area (Å²) >= 11 is 5.67. The first-order valence-corrected chi connectivity index (χ1v) is 7.57. The molecule has 0 radical (unpaired) electrons. The first-order chi connectivity index (χ1) is 8.88. The molecular formula is C11H13ClN2O4S. The van der Waals surface area contributed by atoms with Gasteiger partial charge in [-0.25, -0.2) is 13.1 Å². The number of ether oxygens (including phenoxy) is 1. The van der Waals surface area contributed by atoms with Crippen LogP contribution in [0.1, 0.15) is 19.8 Å². The second-order valence-electron chi connectivity index (χ2n) is 4.32. The molecule has 1 aromatic rings. The third kappa shape index (κ3) is 3.43. The number of aromatic nitrogens is 1. The predicted molar refractivity (Wildman–Crippen MR) is 68.1 cm³/mol. The van der Waals surface area contributed by atoms with Crippen LogP contribution in [0.15, 0.2) is 23.4 Å². The largest absolute Gasteiger partial charge is 0.365 e. The van der Waals surface area contributed by atoms with Crippen LogP contribution >= 0.6 is 11.6 Å². The van der Waals surface area contributed by atoms with Crippen molar-refractivity contribution in [2.45, 2.75) is 36.9 Å². The Bertz CT molecular complexity index is 590. The molecule has 104 valence electrons. The number of hydrogen-bond acceptors (Lipinski definition) is 5. The molecule has 0 unspecified atom stereocenters. The number of nitrogens with zero attached hydrogens (tertiary/aromatic N) is 1. The van der Waals surface area contributed by atoms with Gasteiger partial charge in [-0.2, -0.15) is 0 Å². The van der Waals surface area contributed by atoms with Crippen molar-refractivity contribution in [2.75, 3.05) is 0 Å². The summed E-state index contributed by atoms with van der Waals surface area (Å²) in [6.07, 6.45) is 2.92. The summed E-state index contributed by atoms with van der Waals surface area (Å²) in [5.41, 5.74) is 0. The molecule has 1 amide bonds. The second kappa shape index (κ2) is 5.44. The number of carbonyl (C=O) groups excluding carboxylic acids is 1. The van der Waals surface area contributed by atoms with Gasteiger partial charge in [0.2, 0.25) is 0 Å². The molecule has 2 rings (SSSR count). The third-order valence-electron chi connectivity index (χ3n) is 2.75. The van der Waals surface area contributed by atoms with Gasteiger partial charge in [-0.05, 0) is 25.8 Å². The molecule has 2 heterocycles. The van der Waals surface area contributed by atoms with Crippen molar-refractivity contribution in [1.29, 1.82) is 0 Å². The Hall–Kier alpha value is -1.18. The minimum atomic E-state index is -3.96. The van der Waals surface area contributed by atoms with Gasteiger partial charge in [0.15, 0.2) is 0 Å². The normalized spacial score (nSPS) is 23.3. The Morgan fingerprint density at radius 1 is 1.47 bits per heavy atom. The number of hydrogen-bond donors (Lipinski definition) is 1. The fraction of sp³-hybridized carbons (Fsp3) is 0.455. The van der Waals surface area contributed by atoms with Crippen LogP contribution in [0.3, 0.4) is 0 Å². The lowest BCUT2D eigenvalue weighted by molar-refractivity contribution is -0.129. The van der Waals surface area contributed by atoms with Crippen molar-refractivity contribution in [1.82, 2.24) is 9.71 Å². The van der Waals surface area contributed by atoms with E-state index >= 15 is 0 Å². The van der Waals surface area contributed by atoms with Gasteiger partial charge in [-0.1, -0.05) is 11.6 Å². The summed E-state index contributed by atoms with van der Waals surface area (Å²) < 4.78 is 31.2. The fourth-order valence-electron chi connectivity index (χ4n) is 1.79. The topological polar surface area (TPSA) is 85.4 Å². The van der Waals surface area contributed by atoms with Gasteiger partial charge in [0.05, 0.1) is 11.1 Å². The first kappa shape index (κ1) is 14.2. The maximum atomic E-state index is 11.9. The van der Waals surface area contributed by atoms with Crippen molar-refractivity contribution >= 4 is 27.5 Å². The highest BCUT2D eigenvalue weighted by Gasteiger charge is 2.31. The van der Waals surface area contributed by atoms with E-state index in [1.807, 2.05) is 11.6 Å². The minimum Gasteiger partial charge on any atom is -0.365 e. The third-order valence-corrected chi connectivity index (χ3v) is 4.27. The number of halogens is 1. The van der Waals surface area contributed by atoms with Crippen LogP contribution in [-0.2, 0) is 19.6 Å². The van der Waals surface area contributed by atoms with Crippen molar-refractivity contribution in [3.8, 4) is 0 Å². The molecule has 1 aliphatic heterocycles. The van der Waals surface area contributed by atoms with E-state index in [0.29, 0.717) is 6.42 Å². The molecule has 1 aromatic heterocycles. The predicted octanol–water partition coefficient (Wildman–Crippen LogP) is 1.11. The molecular weight excluding hydrogens is 292 g/mol. The van der Waals surface area contributed by atoms with E-state index in [9.17, 15) is 13.2 Å². The summed E-state index contributed by atoms with van der Waals surface area (Å²) in [7, 11) is -3.96. The highest BCUT2D eigenvalue weighted by Crippen LogP contribution is 2.20. The lowest BCUT2D eigenvalue weighted by Gasteiger charge is -2.12. The van der Waals surface area contributed by atoms with Crippen LogP contribution < -0.4 is 4.72 Å². The van der Waals surface area contributed by atoms with Crippen molar-refractivity contribution < 1.29 is 17.9 Å². The average Bonchev–Trinajstić information content (AvgIpc) is 2.75. The molecule has 1 aliphatic rings. The molecule has 0 aromatic carbocycles. The molecule has 19 heavy (non-hydrogen) atoms. The maximum absolute atomic E-state index is 11.9. The van der Waals surface area contributed by atoms with Crippen molar-refractivity contribution in [3.63, 3.8) is 0 Å². The number of carbonyl (C=O) groups is 1. The molecule has 1 N–H and O–H groups in total. The maximum Gasteiger partial charge on any atom is 0.265 e. The van der Waals surface area contributed by atoms with Crippen LogP contribution in [0.2, 0.25) is 5.02 Å². The summed E-state index contributed by atoms with van der Waals surface area (Å²) in [5.74, 6) is -0.663. The highest BCUT2D eigenvalue weighted by molar-refractivity contribution is 7.90. The molecule has 1 saturated heterocycles. The van der Waals surface area contributed by atoms with Gasteiger partial charge in [0, 0.05) is 12.4 Å². The monoisotopic (exact) mass is 304 g/mol. The molecule has 2 atom stereocenters. The zero-order valence-corrected chi connectivity index (χ0v) is 11.7. The Labute approximate surface area is 116 Å². The van der Waals surface area contributed by atoms with Crippen molar-refractivity contribution in [2.24, 2.45) is 0 Å². The minimum absolute atomic E-state index is 0.0358. The van der Waals surface area contributed by atoms with Crippen LogP contribution in [0.4, 0.5) is 0 Å². The van der Waals surface area contributed by atoms with E-state index in [2.05, 4.69) is 4.98 Å². The Morgan fingerprint density at radius 2 is 2.21 bits per heavy atom. The van der Waals surface area contributed by atoms with E-state index < -0.39 is 22.0 Å². The van der Waals surface area contributed by atoms with E-state index in [0.717, 1.165) is 12.6 Å². The zero-order chi connectivity index (χ0) is 14.0. The van der Waals surface area contributed by atoms with Crippen molar-refractivity contribution in [3.05, 3.63) is 23.5 Å². The first-order valence-electron chi connectivity index (χ1n) is 5.71. The van der Waals surface area contributed by atoms with Crippen LogP contribution in [-0.4, -0.2) is 31.5 Å². The Morgan fingerprint density at radius 3 is 2.79 bits per heavy atom. The van der Waals surface area contributed by atoms with E-state index in [4.69, 9.17) is 16.3 Å². The summed E-state index contributed by atoms with van der Waals surface area (Å²) in [6, 6.07) is 1.22. The molecule has 0 saturated carbocycles. The second-order valence-corrected chi connectivity index (χ2v) is 6.44. The Kier molecular flexibility index (Phi) is 4.07. The number of rotatable bonds is 3. The molecule has 0 spiro atoms. The van der Waals surface area contributed by atoms with Crippen LogP contribution in [0.5, 0.6) is 0 Å². The zero-order valence-electron chi connectivity index (χ0n) is 10.2. The number of nitrogens with one attached hydrogen (secondary N) is 1.